The molecule has 0 spiro atoms. The lowest BCUT2D eigenvalue weighted by atomic mass is 9.98. The van der Waals surface area contributed by atoms with E-state index in [1.54, 1.807) is 47.5 Å². The first-order chi connectivity index (χ1) is 19.0. The van der Waals surface area contributed by atoms with E-state index in [-0.39, 0.29) is 35.8 Å². The molecule has 3 N–H and O–H groups in total. The largest absolute Gasteiger partial charge is 0.507 e. The second kappa shape index (κ2) is 13.4. The minimum absolute atomic E-state index is 0.0873. The van der Waals surface area contributed by atoms with Gasteiger partial charge in [-0.15, -0.1) is 0 Å². The molecule has 1 aliphatic rings. The molecule has 1 aliphatic heterocycles. The van der Waals surface area contributed by atoms with Crippen LogP contribution in [0.4, 0.5) is 0 Å². The Morgan fingerprint density at radius 2 is 1.79 bits per heavy atom. The van der Waals surface area contributed by atoms with E-state index in [0.29, 0.717) is 68.7 Å². The number of hydrogen-bond acceptors (Lipinski definition) is 6. The number of amides is 3. The van der Waals surface area contributed by atoms with Crippen LogP contribution in [0.15, 0.2) is 60.8 Å². The molecule has 3 amide bonds. The van der Waals surface area contributed by atoms with Crippen molar-refractivity contribution in [2.75, 3.05) is 32.8 Å². The van der Waals surface area contributed by atoms with E-state index < -0.39 is 0 Å². The summed E-state index contributed by atoms with van der Waals surface area (Å²) >= 11 is 0. The third kappa shape index (κ3) is 7.34. The maximum atomic E-state index is 13.4. The van der Waals surface area contributed by atoms with Crippen molar-refractivity contribution in [1.29, 1.82) is 0 Å². The van der Waals surface area contributed by atoms with Gasteiger partial charge >= 0.3 is 0 Å². The van der Waals surface area contributed by atoms with Crippen molar-refractivity contribution in [2.24, 2.45) is 0 Å². The Hall–Kier alpha value is -4.40. The van der Waals surface area contributed by atoms with Gasteiger partial charge in [-0.1, -0.05) is 18.2 Å². The highest BCUT2D eigenvalue weighted by Crippen LogP contribution is 2.31. The van der Waals surface area contributed by atoms with E-state index in [4.69, 9.17) is 4.74 Å². The second-order valence-electron chi connectivity index (χ2n) is 9.33. The molecule has 39 heavy (non-hydrogen) atoms. The summed E-state index contributed by atoms with van der Waals surface area (Å²) in [6, 6.07) is 15.8. The molecule has 9 nitrogen and oxygen atoms in total. The molecule has 0 radical (unpaired) electrons. The van der Waals surface area contributed by atoms with Crippen molar-refractivity contribution < 1.29 is 24.2 Å². The first-order valence-corrected chi connectivity index (χ1v) is 13.3. The number of phenolic OH excluding ortho intramolecular Hbond substituents is 1. The van der Waals surface area contributed by atoms with E-state index in [2.05, 4.69) is 15.6 Å². The minimum Gasteiger partial charge on any atom is -0.507 e. The number of nitrogens with one attached hydrogen (secondary N) is 2. The van der Waals surface area contributed by atoms with Crippen LogP contribution in [-0.4, -0.2) is 65.5 Å². The SMILES string of the molecule is CCOc1ncccc1C(=O)N1CCCNC(=O)c2cccc(c2)-c2cc(ccc2O)CCNC(=O)CCC1. The van der Waals surface area contributed by atoms with Gasteiger partial charge in [0.05, 0.1) is 6.61 Å². The summed E-state index contributed by atoms with van der Waals surface area (Å²) in [4.78, 5) is 44.7. The summed E-state index contributed by atoms with van der Waals surface area (Å²) in [7, 11) is 0. The molecule has 0 unspecified atom stereocenters. The molecule has 0 fully saturated rings. The average Bonchev–Trinajstić information content (AvgIpc) is 2.95. The number of pyridine rings is 1. The Labute approximate surface area is 228 Å². The smallest absolute Gasteiger partial charge is 0.259 e. The van der Waals surface area contributed by atoms with Crippen molar-refractivity contribution >= 4 is 17.7 Å². The van der Waals surface area contributed by atoms with Crippen LogP contribution in [0, 0.1) is 0 Å². The van der Waals surface area contributed by atoms with Crippen LogP contribution in [0.3, 0.4) is 0 Å². The predicted molar refractivity (Wildman–Crippen MR) is 148 cm³/mol. The number of rotatable bonds is 3. The quantitative estimate of drug-likeness (QED) is 0.476. The van der Waals surface area contributed by atoms with Crippen LogP contribution in [0.2, 0.25) is 0 Å². The maximum absolute atomic E-state index is 13.4. The molecule has 0 saturated carbocycles. The monoisotopic (exact) mass is 530 g/mol. The van der Waals surface area contributed by atoms with Crippen molar-refractivity contribution in [3.63, 3.8) is 0 Å². The first-order valence-electron chi connectivity index (χ1n) is 13.3. The van der Waals surface area contributed by atoms with Crippen molar-refractivity contribution in [3.05, 3.63) is 77.5 Å². The normalized spacial score (nSPS) is 15.3. The number of fused-ring (bicyclic) bond motifs is 5. The summed E-state index contributed by atoms with van der Waals surface area (Å²) in [6.07, 6.45) is 3.46. The fourth-order valence-corrected chi connectivity index (χ4v) is 4.53. The van der Waals surface area contributed by atoms with Gasteiger partial charge in [-0.05, 0) is 73.7 Å². The molecule has 1 aromatic heterocycles. The van der Waals surface area contributed by atoms with Gasteiger partial charge < -0.3 is 25.4 Å². The summed E-state index contributed by atoms with van der Waals surface area (Å²) in [5.74, 6) is -0.145. The number of aromatic nitrogens is 1. The summed E-state index contributed by atoms with van der Waals surface area (Å²) in [5, 5.41) is 16.3. The number of carbonyl (C=O) groups excluding carboxylic acids is 3. The highest BCUT2D eigenvalue weighted by atomic mass is 16.5. The molecule has 0 saturated heterocycles. The van der Waals surface area contributed by atoms with Gasteiger partial charge in [0.25, 0.3) is 11.8 Å². The molecule has 3 aromatic rings. The molecule has 4 bridgehead atoms. The Morgan fingerprint density at radius 1 is 0.974 bits per heavy atom. The van der Waals surface area contributed by atoms with Crippen LogP contribution in [0.25, 0.3) is 11.1 Å². The zero-order valence-corrected chi connectivity index (χ0v) is 22.1. The molecule has 204 valence electrons. The van der Waals surface area contributed by atoms with Gasteiger partial charge in [-0.3, -0.25) is 14.4 Å². The Balaban J connectivity index is 1.54. The van der Waals surface area contributed by atoms with Gasteiger partial charge in [-0.2, -0.15) is 0 Å². The van der Waals surface area contributed by atoms with Gasteiger partial charge in [-0.25, -0.2) is 4.98 Å². The van der Waals surface area contributed by atoms with E-state index in [0.717, 1.165) is 11.1 Å². The summed E-state index contributed by atoms with van der Waals surface area (Å²) < 4.78 is 5.56. The molecular weight excluding hydrogens is 496 g/mol. The van der Waals surface area contributed by atoms with E-state index >= 15 is 0 Å². The van der Waals surface area contributed by atoms with Crippen LogP contribution < -0.4 is 15.4 Å². The number of carbonyl (C=O) groups is 3. The lowest BCUT2D eigenvalue weighted by Crippen LogP contribution is -2.36. The van der Waals surface area contributed by atoms with E-state index in [1.165, 1.54) is 0 Å². The van der Waals surface area contributed by atoms with Crippen LogP contribution >= 0.6 is 0 Å². The number of phenols is 1. The number of benzene rings is 2. The van der Waals surface area contributed by atoms with Gasteiger partial charge in [0.1, 0.15) is 11.3 Å². The zero-order valence-electron chi connectivity index (χ0n) is 22.1. The number of ether oxygens (including phenoxy) is 1. The lowest BCUT2D eigenvalue weighted by Gasteiger charge is -2.23. The average molecular weight is 531 g/mol. The highest BCUT2D eigenvalue weighted by Gasteiger charge is 2.21. The van der Waals surface area contributed by atoms with E-state index in [9.17, 15) is 19.5 Å². The molecule has 2 heterocycles. The molecule has 9 heteroatoms. The third-order valence-electron chi connectivity index (χ3n) is 6.52. The van der Waals surface area contributed by atoms with Gasteiger partial charge in [0.15, 0.2) is 0 Å². The minimum atomic E-state index is -0.232. The van der Waals surface area contributed by atoms with Crippen molar-refractivity contribution in [2.45, 2.75) is 32.6 Å². The number of aromatic hydroxyl groups is 1. The molecule has 0 aliphatic carbocycles. The first kappa shape index (κ1) is 27.6. The third-order valence-corrected chi connectivity index (χ3v) is 6.52. The topological polar surface area (TPSA) is 121 Å². The summed E-state index contributed by atoms with van der Waals surface area (Å²) in [6.45, 7) is 3.79. The van der Waals surface area contributed by atoms with Crippen molar-refractivity contribution in [3.8, 4) is 22.8 Å². The van der Waals surface area contributed by atoms with E-state index in [1.807, 2.05) is 25.1 Å². The number of nitrogens with zero attached hydrogens (tertiary/aromatic N) is 2. The maximum Gasteiger partial charge on any atom is 0.259 e. The molecule has 4 rings (SSSR count). The number of hydrogen-bond donors (Lipinski definition) is 3. The highest BCUT2D eigenvalue weighted by molar-refractivity contribution is 5.97. The zero-order chi connectivity index (χ0) is 27.6. The molecular formula is C30H34N4O5. The lowest BCUT2D eigenvalue weighted by molar-refractivity contribution is -0.121. The fourth-order valence-electron chi connectivity index (χ4n) is 4.53. The van der Waals surface area contributed by atoms with Gasteiger partial charge in [0.2, 0.25) is 11.8 Å². The molecule has 0 atom stereocenters. The standard InChI is InChI=1S/C30H34N4O5/c1-2-39-29-24(9-4-14-33-29)30(38)34-17-5-10-27(36)31-16-13-21-11-12-26(35)25(19-21)22-7-3-8-23(20-22)28(37)32-15-6-18-34/h3-4,7-9,11-12,14,19-20,35H,2,5-6,10,13,15-18H2,1H3,(H,31,36)(H,32,37). The van der Waals surface area contributed by atoms with Gasteiger partial charge in [0, 0.05) is 49.9 Å². The van der Waals surface area contributed by atoms with Crippen LogP contribution in [-0.2, 0) is 11.2 Å². The van der Waals surface area contributed by atoms with Crippen molar-refractivity contribution in [1.82, 2.24) is 20.5 Å². The Morgan fingerprint density at radius 3 is 2.64 bits per heavy atom. The molecule has 2 aromatic carbocycles. The second-order valence-corrected chi connectivity index (χ2v) is 9.33. The van der Waals surface area contributed by atoms with Crippen LogP contribution in [0.1, 0.15) is 52.5 Å². The van der Waals surface area contributed by atoms with Crippen LogP contribution in [0.5, 0.6) is 11.6 Å². The predicted octanol–water partition coefficient (Wildman–Crippen LogP) is 3.57. The Kier molecular flexibility index (Phi) is 9.50. The Bertz CT molecular complexity index is 1330. The summed E-state index contributed by atoms with van der Waals surface area (Å²) in [5.41, 5.74) is 3.15. The fraction of sp³-hybridized carbons (Fsp3) is 0.333.